The summed E-state index contributed by atoms with van der Waals surface area (Å²) >= 11 is 0. The van der Waals surface area contributed by atoms with Crippen molar-refractivity contribution >= 4 is 11.6 Å². The normalized spacial score (nSPS) is 9.58. The number of carbonyl (C=O) groups is 1. The van der Waals surface area contributed by atoms with Crippen molar-refractivity contribution in [2.45, 2.75) is 0 Å². The summed E-state index contributed by atoms with van der Waals surface area (Å²) in [7, 11) is 0. The number of aliphatic hydroxyl groups is 1. The molecule has 0 bridgehead atoms. The standard InChI is InChI=1S/C13H9FN2O3/c14-10-3-4-11(9(8-10)2-1-7-17)16-13(18)12-5-6-15-19-12/h3-6,8,17H,7H2,(H,16,18). The van der Waals surface area contributed by atoms with Crippen LogP contribution < -0.4 is 5.32 Å². The molecule has 0 radical (unpaired) electrons. The molecule has 0 atom stereocenters. The van der Waals surface area contributed by atoms with Crippen LogP contribution in [0.15, 0.2) is 35.0 Å². The van der Waals surface area contributed by atoms with E-state index in [-0.39, 0.29) is 17.9 Å². The Hall–Kier alpha value is -2.65. The lowest BCUT2D eigenvalue weighted by Gasteiger charge is -2.05. The van der Waals surface area contributed by atoms with Crippen molar-refractivity contribution in [3.8, 4) is 11.8 Å². The van der Waals surface area contributed by atoms with Crippen LogP contribution in [0.1, 0.15) is 16.1 Å². The highest BCUT2D eigenvalue weighted by Gasteiger charge is 2.12. The van der Waals surface area contributed by atoms with Crippen molar-refractivity contribution in [2.24, 2.45) is 0 Å². The summed E-state index contributed by atoms with van der Waals surface area (Å²) < 4.78 is 17.8. The Morgan fingerprint density at radius 3 is 3.00 bits per heavy atom. The number of hydrogen-bond acceptors (Lipinski definition) is 4. The number of halogens is 1. The van der Waals surface area contributed by atoms with Gasteiger partial charge in [-0.3, -0.25) is 4.79 Å². The van der Waals surface area contributed by atoms with E-state index in [4.69, 9.17) is 9.63 Å². The van der Waals surface area contributed by atoms with Crippen LogP contribution >= 0.6 is 0 Å². The minimum atomic E-state index is -0.517. The first kappa shape index (κ1) is 12.8. The first-order chi connectivity index (χ1) is 9.20. The second-order valence-corrected chi connectivity index (χ2v) is 3.48. The number of aromatic nitrogens is 1. The van der Waals surface area contributed by atoms with Crippen LogP contribution in [-0.4, -0.2) is 22.8 Å². The van der Waals surface area contributed by atoms with Crippen molar-refractivity contribution in [3.63, 3.8) is 0 Å². The van der Waals surface area contributed by atoms with E-state index in [1.165, 1.54) is 30.5 Å². The molecule has 1 aromatic heterocycles. The molecule has 96 valence electrons. The van der Waals surface area contributed by atoms with Gasteiger partial charge >= 0.3 is 0 Å². The summed E-state index contributed by atoms with van der Waals surface area (Å²) in [5.74, 6) is 3.97. The summed E-state index contributed by atoms with van der Waals surface area (Å²) in [6.45, 7) is -0.355. The number of benzene rings is 1. The van der Waals surface area contributed by atoms with Crippen molar-refractivity contribution in [1.82, 2.24) is 5.16 Å². The summed E-state index contributed by atoms with van der Waals surface area (Å²) in [5, 5.41) is 14.6. The van der Waals surface area contributed by atoms with E-state index in [1.807, 2.05) is 0 Å². The smallest absolute Gasteiger partial charge is 0.294 e. The SMILES string of the molecule is O=C(Nc1ccc(F)cc1C#CCO)c1ccno1. The van der Waals surface area contributed by atoms with E-state index in [0.717, 1.165) is 0 Å². The number of amides is 1. The summed E-state index contributed by atoms with van der Waals surface area (Å²) in [4.78, 5) is 11.7. The van der Waals surface area contributed by atoms with Crippen LogP contribution in [0.25, 0.3) is 0 Å². The van der Waals surface area contributed by atoms with E-state index < -0.39 is 11.7 Å². The molecule has 0 fully saturated rings. The molecule has 1 heterocycles. The molecule has 0 aliphatic heterocycles. The first-order valence-electron chi connectivity index (χ1n) is 5.32. The molecule has 0 aliphatic rings. The molecule has 0 unspecified atom stereocenters. The highest BCUT2D eigenvalue weighted by atomic mass is 19.1. The molecular formula is C13H9FN2O3. The Bertz CT molecular complexity index is 642. The van der Waals surface area contributed by atoms with Gasteiger partial charge in [0, 0.05) is 6.07 Å². The third-order valence-electron chi connectivity index (χ3n) is 2.19. The van der Waals surface area contributed by atoms with Crippen LogP contribution in [0.2, 0.25) is 0 Å². The summed E-state index contributed by atoms with van der Waals surface area (Å²) in [6, 6.07) is 5.14. The number of nitrogens with zero attached hydrogens (tertiary/aromatic N) is 1. The molecular weight excluding hydrogens is 251 g/mol. The van der Waals surface area contributed by atoms with E-state index in [0.29, 0.717) is 5.69 Å². The monoisotopic (exact) mass is 260 g/mol. The molecule has 2 rings (SSSR count). The molecule has 2 N–H and O–H groups in total. The van der Waals surface area contributed by atoms with Crippen LogP contribution in [0.3, 0.4) is 0 Å². The highest BCUT2D eigenvalue weighted by molar-refractivity contribution is 6.02. The number of anilines is 1. The second kappa shape index (κ2) is 5.80. The third kappa shape index (κ3) is 3.18. The van der Waals surface area contributed by atoms with Gasteiger partial charge in [0.15, 0.2) is 0 Å². The molecule has 2 aromatic rings. The Balaban J connectivity index is 2.27. The average molecular weight is 260 g/mol. The van der Waals surface area contributed by atoms with E-state index >= 15 is 0 Å². The molecule has 19 heavy (non-hydrogen) atoms. The maximum atomic E-state index is 13.1. The fourth-order valence-electron chi connectivity index (χ4n) is 1.38. The zero-order chi connectivity index (χ0) is 13.7. The molecule has 6 heteroatoms. The minimum Gasteiger partial charge on any atom is -0.384 e. The zero-order valence-corrected chi connectivity index (χ0v) is 9.68. The lowest BCUT2D eigenvalue weighted by Crippen LogP contribution is -2.12. The Labute approximate surface area is 108 Å². The molecule has 0 aliphatic carbocycles. The fraction of sp³-hybridized carbons (Fsp3) is 0.0769. The van der Waals surface area contributed by atoms with E-state index in [2.05, 4.69) is 22.3 Å². The molecule has 5 nitrogen and oxygen atoms in total. The number of rotatable bonds is 2. The molecule has 0 saturated heterocycles. The van der Waals surface area contributed by atoms with Gasteiger partial charge in [0.05, 0.1) is 17.4 Å². The Morgan fingerprint density at radius 1 is 1.47 bits per heavy atom. The topological polar surface area (TPSA) is 75.4 Å². The lowest BCUT2D eigenvalue weighted by molar-refractivity contribution is 0.0988. The minimum absolute atomic E-state index is 0.0328. The fourth-order valence-corrected chi connectivity index (χ4v) is 1.38. The molecule has 0 spiro atoms. The molecule has 1 amide bonds. The Morgan fingerprint density at radius 2 is 2.32 bits per heavy atom. The van der Waals surface area contributed by atoms with Crippen LogP contribution in [0.4, 0.5) is 10.1 Å². The van der Waals surface area contributed by atoms with Gasteiger partial charge in [-0.25, -0.2) is 4.39 Å². The number of nitrogens with one attached hydrogen (secondary N) is 1. The molecule has 0 saturated carbocycles. The van der Waals surface area contributed by atoms with Gasteiger partial charge in [-0.15, -0.1) is 0 Å². The van der Waals surface area contributed by atoms with Gasteiger partial charge in [0.2, 0.25) is 5.76 Å². The predicted molar refractivity (Wildman–Crippen MR) is 64.8 cm³/mol. The maximum absolute atomic E-state index is 13.1. The number of hydrogen-bond donors (Lipinski definition) is 2. The number of carbonyl (C=O) groups excluding carboxylic acids is 1. The zero-order valence-electron chi connectivity index (χ0n) is 9.68. The third-order valence-corrected chi connectivity index (χ3v) is 2.19. The van der Waals surface area contributed by atoms with Crippen LogP contribution in [0, 0.1) is 17.7 Å². The van der Waals surface area contributed by atoms with Crippen molar-refractivity contribution in [1.29, 1.82) is 0 Å². The highest BCUT2D eigenvalue weighted by Crippen LogP contribution is 2.17. The van der Waals surface area contributed by atoms with E-state index in [1.54, 1.807) is 0 Å². The van der Waals surface area contributed by atoms with E-state index in [9.17, 15) is 9.18 Å². The second-order valence-electron chi connectivity index (χ2n) is 3.48. The first-order valence-corrected chi connectivity index (χ1v) is 5.32. The summed E-state index contributed by atoms with van der Waals surface area (Å²) in [6.07, 6.45) is 1.34. The largest absolute Gasteiger partial charge is 0.384 e. The maximum Gasteiger partial charge on any atom is 0.294 e. The van der Waals surface area contributed by atoms with Crippen molar-refractivity contribution in [2.75, 3.05) is 11.9 Å². The quantitative estimate of drug-likeness (QED) is 0.800. The van der Waals surface area contributed by atoms with Crippen LogP contribution in [-0.2, 0) is 0 Å². The Kier molecular flexibility index (Phi) is 3.90. The van der Waals surface area contributed by atoms with Gasteiger partial charge in [0.25, 0.3) is 5.91 Å². The van der Waals surface area contributed by atoms with Gasteiger partial charge in [-0.2, -0.15) is 0 Å². The van der Waals surface area contributed by atoms with Gasteiger partial charge in [-0.05, 0) is 18.2 Å². The summed E-state index contributed by atoms with van der Waals surface area (Å²) in [5.41, 5.74) is 0.589. The van der Waals surface area contributed by atoms with Gasteiger partial charge in [0.1, 0.15) is 12.4 Å². The van der Waals surface area contributed by atoms with Gasteiger partial charge in [-0.1, -0.05) is 17.0 Å². The van der Waals surface area contributed by atoms with Crippen molar-refractivity contribution < 1.29 is 18.8 Å². The molecule has 1 aromatic carbocycles. The van der Waals surface area contributed by atoms with Crippen LogP contribution in [0.5, 0.6) is 0 Å². The average Bonchev–Trinajstić information content (AvgIpc) is 2.93. The predicted octanol–water partition coefficient (Wildman–Crippen LogP) is 1.41. The number of aliphatic hydroxyl groups excluding tert-OH is 1. The van der Waals surface area contributed by atoms with Crippen molar-refractivity contribution in [3.05, 3.63) is 47.6 Å². The lowest BCUT2D eigenvalue weighted by atomic mass is 10.1. The van der Waals surface area contributed by atoms with Gasteiger partial charge < -0.3 is 14.9 Å².